The minimum atomic E-state index is -0.231. The number of hydrogen-bond acceptors (Lipinski definition) is 4. The van der Waals surface area contributed by atoms with Crippen LogP contribution in [0.25, 0.3) is 33.5 Å². The smallest absolute Gasteiger partial charge is 0.156 e. The molecule has 0 bridgehead atoms. The number of aryl methyl sites for hydroxylation is 1. The van der Waals surface area contributed by atoms with E-state index < -0.39 is 0 Å². The van der Waals surface area contributed by atoms with Crippen molar-refractivity contribution in [3.8, 4) is 34.0 Å². The number of pyridine rings is 1. The van der Waals surface area contributed by atoms with Gasteiger partial charge in [0.25, 0.3) is 0 Å². The number of ether oxygens (including phenoxy) is 2. The molecule has 6 heteroatoms. The largest absolute Gasteiger partial charge is 0.497 e. The van der Waals surface area contributed by atoms with Crippen LogP contribution in [-0.2, 0) is 0 Å². The molecule has 136 valence electrons. The van der Waals surface area contributed by atoms with Gasteiger partial charge in [-0.05, 0) is 55.0 Å². The van der Waals surface area contributed by atoms with Gasteiger partial charge in [-0.1, -0.05) is 0 Å². The molecule has 27 heavy (non-hydrogen) atoms. The predicted octanol–water partition coefficient (Wildman–Crippen LogP) is 4.76. The summed E-state index contributed by atoms with van der Waals surface area (Å²) in [5.74, 6) is 1.16. The Hall–Kier alpha value is -3.41. The Morgan fingerprint density at radius 1 is 0.889 bits per heavy atom. The van der Waals surface area contributed by atoms with Crippen LogP contribution in [0, 0.1) is 12.7 Å². The Morgan fingerprint density at radius 3 is 2.30 bits per heavy atom. The summed E-state index contributed by atoms with van der Waals surface area (Å²) in [5.41, 5.74) is 4.48. The maximum atomic E-state index is 13.6. The van der Waals surface area contributed by atoms with E-state index in [1.165, 1.54) is 6.07 Å². The van der Waals surface area contributed by atoms with E-state index in [4.69, 9.17) is 9.47 Å². The average molecular weight is 363 g/mol. The minimum Gasteiger partial charge on any atom is -0.497 e. The molecule has 0 spiro atoms. The fourth-order valence-electron chi connectivity index (χ4n) is 3.03. The third-order valence-electron chi connectivity index (χ3n) is 4.50. The Labute approximate surface area is 155 Å². The van der Waals surface area contributed by atoms with E-state index in [1.54, 1.807) is 33.3 Å². The predicted molar refractivity (Wildman–Crippen MR) is 103 cm³/mol. The summed E-state index contributed by atoms with van der Waals surface area (Å²) in [6, 6.07) is 14.5. The van der Waals surface area contributed by atoms with Crippen molar-refractivity contribution in [2.45, 2.75) is 6.92 Å². The molecule has 0 fully saturated rings. The number of hydrogen-bond donors (Lipinski definition) is 1. The van der Waals surface area contributed by atoms with Gasteiger partial charge in [-0.15, -0.1) is 0 Å². The minimum absolute atomic E-state index is 0.231. The molecule has 2 aromatic carbocycles. The Morgan fingerprint density at radius 2 is 1.63 bits per heavy atom. The number of methoxy groups -OCH3 is 2. The van der Waals surface area contributed by atoms with E-state index in [-0.39, 0.29) is 5.82 Å². The lowest BCUT2D eigenvalue weighted by molar-refractivity contribution is 0.394. The van der Waals surface area contributed by atoms with Crippen molar-refractivity contribution < 1.29 is 13.9 Å². The van der Waals surface area contributed by atoms with Crippen molar-refractivity contribution in [2.24, 2.45) is 0 Å². The molecule has 4 aromatic rings. The number of rotatable bonds is 4. The molecule has 4 rings (SSSR count). The Balaban J connectivity index is 1.80. The zero-order valence-corrected chi connectivity index (χ0v) is 15.2. The lowest BCUT2D eigenvalue weighted by Gasteiger charge is -2.08. The summed E-state index contributed by atoms with van der Waals surface area (Å²) < 4.78 is 24.2. The summed E-state index contributed by atoms with van der Waals surface area (Å²) in [6.45, 7) is 1.74. The molecule has 0 amide bonds. The second-order valence-electron chi connectivity index (χ2n) is 6.23. The molecule has 0 aliphatic rings. The number of nitrogens with one attached hydrogen (secondary N) is 1. The van der Waals surface area contributed by atoms with Gasteiger partial charge in [0.15, 0.2) is 5.65 Å². The highest BCUT2D eigenvalue weighted by Crippen LogP contribution is 2.32. The van der Waals surface area contributed by atoms with E-state index in [9.17, 15) is 4.39 Å². The number of benzene rings is 2. The van der Waals surface area contributed by atoms with Gasteiger partial charge in [0.1, 0.15) is 23.0 Å². The van der Waals surface area contributed by atoms with Gasteiger partial charge >= 0.3 is 0 Å². The number of aromatic nitrogens is 3. The number of H-pyrrole nitrogens is 1. The molecule has 0 aliphatic carbocycles. The van der Waals surface area contributed by atoms with Crippen LogP contribution in [0.3, 0.4) is 0 Å². The third-order valence-corrected chi connectivity index (χ3v) is 4.50. The highest BCUT2D eigenvalue weighted by atomic mass is 19.1. The Bertz CT molecular complexity index is 1120. The summed E-state index contributed by atoms with van der Waals surface area (Å²) in [4.78, 5) is 4.68. The van der Waals surface area contributed by atoms with Crippen molar-refractivity contribution in [3.63, 3.8) is 0 Å². The summed E-state index contributed by atoms with van der Waals surface area (Å²) in [7, 11) is 3.22. The van der Waals surface area contributed by atoms with Crippen LogP contribution < -0.4 is 9.47 Å². The van der Waals surface area contributed by atoms with Crippen molar-refractivity contribution in [2.75, 3.05) is 14.2 Å². The molecular formula is C21H18FN3O2. The van der Waals surface area contributed by atoms with Crippen molar-refractivity contribution in [1.29, 1.82) is 0 Å². The van der Waals surface area contributed by atoms with Crippen molar-refractivity contribution in [1.82, 2.24) is 15.2 Å². The van der Waals surface area contributed by atoms with E-state index in [1.807, 2.05) is 30.3 Å². The monoisotopic (exact) mass is 363 g/mol. The van der Waals surface area contributed by atoms with Crippen LogP contribution in [0.15, 0.2) is 48.5 Å². The fraction of sp³-hybridized carbons (Fsp3) is 0.143. The van der Waals surface area contributed by atoms with Crippen LogP contribution in [-0.4, -0.2) is 29.4 Å². The first-order valence-electron chi connectivity index (χ1n) is 8.44. The first kappa shape index (κ1) is 17.0. The van der Waals surface area contributed by atoms with Crippen molar-refractivity contribution >= 4 is 11.0 Å². The highest BCUT2D eigenvalue weighted by molar-refractivity contribution is 5.92. The zero-order chi connectivity index (χ0) is 19.0. The molecule has 0 unspecified atom stereocenters. The molecule has 1 N–H and O–H groups in total. The van der Waals surface area contributed by atoms with Gasteiger partial charge < -0.3 is 9.47 Å². The highest BCUT2D eigenvalue weighted by Gasteiger charge is 2.13. The molecule has 0 aliphatic heterocycles. The summed E-state index contributed by atoms with van der Waals surface area (Å²) >= 11 is 0. The SMILES string of the molecule is COc1cc(OC)cc(-c2ccc3c(-c4ccc(F)c(C)c4)n[nH]c3n2)c1. The van der Waals surface area contributed by atoms with E-state index in [0.717, 1.165) is 27.9 Å². The number of fused-ring (bicyclic) bond motifs is 1. The standard InChI is InChI=1S/C21H18FN3O2/c1-12-8-13(4-6-18(12)22)20-17-5-7-19(23-21(17)25-24-20)14-9-15(26-2)11-16(10-14)27-3/h4-11H,1-3H3,(H,23,24,25). The molecular weight excluding hydrogens is 345 g/mol. The van der Waals surface area contributed by atoms with Crippen molar-refractivity contribution in [3.05, 3.63) is 59.9 Å². The van der Waals surface area contributed by atoms with Crippen LogP contribution in [0.4, 0.5) is 4.39 Å². The van der Waals surface area contributed by atoms with Crippen LogP contribution in [0.2, 0.25) is 0 Å². The van der Waals surface area contributed by atoms with E-state index in [2.05, 4.69) is 15.2 Å². The maximum absolute atomic E-state index is 13.6. The van der Waals surface area contributed by atoms with Gasteiger partial charge in [0.2, 0.25) is 0 Å². The topological polar surface area (TPSA) is 60.0 Å². The first-order chi connectivity index (χ1) is 13.1. The molecule has 5 nitrogen and oxygen atoms in total. The Kier molecular flexibility index (Phi) is 4.24. The molecule has 2 heterocycles. The molecule has 0 radical (unpaired) electrons. The van der Waals surface area contributed by atoms with Gasteiger partial charge in [-0.25, -0.2) is 9.37 Å². The second kappa shape index (κ2) is 6.72. The van der Waals surface area contributed by atoms with Gasteiger partial charge in [-0.2, -0.15) is 5.10 Å². The summed E-state index contributed by atoms with van der Waals surface area (Å²) in [6.07, 6.45) is 0. The maximum Gasteiger partial charge on any atom is 0.156 e. The molecule has 0 atom stereocenters. The lowest BCUT2D eigenvalue weighted by atomic mass is 10.1. The van der Waals surface area contributed by atoms with Gasteiger partial charge in [-0.3, -0.25) is 5.10 Å². The molecule has 2 aromatic heterocycles. The van der Waals surface area contributed by atoms with Crippen LogP contribution in [0.5, 0.6) is 11.5 Å². The number of nitrogens with zero attached hydrogens (tertiary/aromatic N) is 2. The van der Waals surface area contributed by atoms with Gasteiger partial charge in [0, 0.05) is 22.6 Å². The molecule has 0 saturated carbocycles. The number of halogens is 1. The summed E-state index contributed by atoms with van der Waals surface area (Å²) in [5, 5.41) is 8.22. The average Bonchev–Trinajstić information content (AvgIpc) is 3.12. The van der Waals surface area contributed by atoms with E-state index in [0.29, 0.717) is 22.7 Å². The van der Waals surface area contributed by atoms with Gasteiger partial charge in [0.05, 0.1) is 19.9 Å². The first-order valence-corrected chi connectivity index (χ1v) is 8.44. The van der Waals surface area contributed by atoms with Crippen LogP contribution in [0.1, 0.15) is 5.56 Å². The molecule has 0 saturated heterocycles. The van der Waals surface area contributed by atoms with E-state index >= 15 is 0 Å². The zero-order valence-electron chi connectivity index (χ0n) is 15.2. The fourth-order valence-corrected chi connectivity index (χ4v) is 3.03. The van der Waals surface area contributed by atoms with Crippen LogP contribution >= 0.6 is 0 Å². The normalized spacial score (nSPS) is 11.0. The number of aromatic amines is 1. The lowest BCUT2D eigenvalue weighted by Crippen LogP contribution is -1.90. The second-order valence-corrected chi connectivity index (χ2v) is 6.23. The quantitative estimate of drug-likeness (QED) is 0.568. The third kappa shape index (κ3) is 3.10.